The Morgan fingerprint density at radius 2 is 2.07 bits per heavy atom. The average molecular weight is 269 g/mol. The van der Waals surface area contributed by atoms with Crippen LogP contribution in [0, 0.1) is 0 Å². The van der Waals surface area contributed by atoms with Crippen molar-refractivity contribution in [1.29, 1.82) is 0 Å². The molecule has 0 aromatic carbocycles. The summed E-state index contributed by atoms with van der Waals surface area (Å²) in [6.07, 6.45) is 5.59. The molecule has 1 aromatic heterocycles. The predicted octanol–water partition coefficient (Wildman–Crippen LogP) is 2.14. The minimum atomic E-state index is -0.465. The first-order chi connectivity index (χ1) is 7.15. The van der Waals surface area contributed by atoms with Gasteiger partial charge < -0.3 is 5.73 Å². The Kier molecular flexibility index (Phi) is 2.78. The number of pyridine rings is 1. The van der Waals surface area contributed by atoms with E-state index in [1.807, 2.05) is 12.1 Å². The molecule has 0 radical (unpaired) electrons. The van der Waals surface area contributed by atoms with Crippen molar-refractivity contribution in [2.75, 3.05) is 0 Å². The van der Waals surface area contributed by atoms with Gasteiger partial charge in [0.25, 0.3) is 0 Å². The van der Waals surface area contributed by atoms with Crippen LogP contribution in [-0.4, -0.2) is 10.9 Å². The summed E-state index contributed by atoms with van der Waals surface area (Å²) in [6, 6.07) is 3.80. The molecule has 0 spiro atoms. The van der Waals surface area contributed by atoms with Gasteiger partial charge >= 0.3 is 0 Å². The Balaban J connectivity index is 2.41. The van der Waals surface area contributed by atoms with Gasteiger partial charge in [0.05, 0.1) is 5.41 Å². The Bertz CT molecular complexity index is 369. The molecule has 3 nitrogen and oxygen atoms in total. The number of primary amides is 1. The summed E-state index contributed by atoms with van der Waals surface area (Å²) in [5.74, 6) is -0.218. The summed E-state index contributed by atoms with van der Waals surface area (Å²) in [5, 5.41) is 0. The fraction of sp³-hybridized carbons (Fsp3) is 0.455. The Labute approximate surface area is 97.2 Å². The molecular weight excluding hydrogens is 256 g/mol. The van der Waals surface area contributed by atoms with Crippen LogP contribution in [0.3, 0.4) is 0 Å². The Hall–Kier alpha value is -0.900. The van der Waals surface area contributed by atoms with Crippen molar-refractivity contribution in [3.63, 3.8) is 0 Å². The minimum Gasteiger partial charge on any atom is -0.369 e. The smallest absolute Gasteiger partial charge is 0.228 e. The van der Waals surface area contributed by atoms with Crippen LogP contribution in [0.25, 0.3) is 0 Å². The summed E-state index contributed by atoms with van der Waals surface area (Å²) in [6.45, 7) is 0. The molecule has 2 N–H and O–H groups in total. The van der Waals surface area contributed by atoms with Crippen molar-refractivity contribution in [3.8, 4) is 0 Å². The molecule has 1 saturated carbocycles. The second kappa shape index (κ2) is 3.93. The van der Waals surface area contributed by atoms with E-state index in [1.54, 1.807) is 6.20 Å². The maximum Gasteiger partial charge on any atom is 0.228 e. The van der Waals surface area contributed by atoms with Crippen molar-refractivity contribution in [2.24, 2.45) is 5.73 Å². The number of amides is 1. The van der Waals surface area contributed by atoms with Gasteiger partial charge in [-0.05, 0) is 40.4 Å². The monoisotopic (exact) mass is 268 g/mol. The molecular formula is C11H13BrN2O. The fourth-order valence-electron chi connectivity index (χ4n) is 2.31. The Morgan fingerprint density at radius 1 is 1.40 bits per heavy atom. The van der Waals surface area contributed by atoms with Crippen molar-refractivity contribution in [3.05, 3.63) is 28.5 Å². The normalized spacial score (nSPS) is 19.0. The number of aromatic nitrogens is 1. The highest BCUT2D eigenvalue weighted by Crippen LogP contribution is 2.40. The van der Waals surface area contributed by atoms with Crippen LogP contribution < -0.4 is 5.73 Å². The van der Waals surface area contributed by atoms with E-state index in [4.69, 9.17) is 5.73 Å². The van der Waals surface area contributed by atoms with Crippen LogP contribution in [0.5, 0.6) is 0 Å². The number of hydrogen-bond donors (Lipinski definition) is 1. The third-order valence-electron chi connectivity index (χ3n) is 3.21. The zero-order valence-electron chi connectivity index (χ0n) is 8.37. The molecule has 80 valence electrons. The van der Waals surface area contributed by atoms with Crippen molar-refractivity contribution in [2.45, 2.75) is 31.1 Å². The molecule has 4 heteroatoms. The van der Waals surface area contributed by atoms with Gasteiger partial charge in [-0.2, -0.15) is 0 Å². The minimum absolute atomic E-state index is 0.218. The van der Waals surface area contributed by atoms with E-state index in [2.05, 4.69) is 20.9 Å². The number of carbonyl (C=O) groups excluding carboxylic acids is 1. The Morgan fingerprint density at radius 3 is 2.53 bits per heavy atom. The summed E-state index contributed by atoms with van der Waals surface area (Å²) < 4.78 is 0.781. The summed E-state index contributed by atoms with van der Waals surface area (Å²) >= 11 is 3.28. The predicted molar refractivity (Wildman–Crippen MR) is 61.3 cm³/mol. The number of carbonyl (C=O) groups is 1. The highest BCUT2D eigenvalue weighted by atomic mass is 79.9. The second-order valence-corrected chi connectivity index (χ2v) is 4.84. The van der Waals surface area contributed by atoms with Gasteiger partial charge in [0.2, 0.25) is 5.91 Å². The quantitative estimate of drug-likeness (QED) is 0.836. The standard InChI is InChI=1S/C11H13BrN2O/c12-9-4-3-8(7-14-9)11(10(13)15)5-1-2-6-11/h3-4,7H,1-2,5-6H2,(H2,13,15). The lowest BCUT2D eigenvalue weighted by Crippen LogP contribution is -2.38. The number of rotatable bonds is 2. The maximum absolute atomic E-state index is 11.6. The first-order valence-corrected chi connectivity index (χ1v) is 5.86. The molecule has 0 unspecified atom stereocenters. The lowest BCUT2D eigenvalue weighted by molar-refractivity contribution is -0.123. The molecule has 15 heavy (non-hydrogen) atoms. The van der Waals surface area contributed by atoms with Crippen LogP contribution in [-0.2, 0) is 10.2 Å². The third-order valence-corrected chi connectivity index (χ3v) is 3.68. The number of halogens is 1. The molecule has 1 amide bonds. The van der Waals surface area contributed by atoms with Crippen LogP contribution in [0.4, 0.5) is 0 Å². The third kappa shape index (κ3) is 1.78. The molecule has 0 aliphatic heterocycles. The molecule has 0 bridgehead atoms. The highest BCUT2D eigenvalue weighted by molar-refractivity contribution is 9.10. The van der Waals surface area contributed by atoms with Crippen LogP contribution in [0.1, 0.15) is 31.2 Å². The number of nitrogens with two attached hydrogens (primary N) is 1. The van der Waals surface area contributed by atoms with E-state index in [-0.39, 0.29) is 5.91 Å². The van der Waals surface area contributed by atoms with Crippen molar-refractivity contribution >= 4 is 21.8 Å². The first kappa shape index (κ1) is 10.6. The first-order valence-electron chi connectivity index (χ1n) is 5.07. The van der Waals surface area contributed by atoms with Gasteiger partial charge in [-0.25, -0.2) is 4.98 Å². The van der Waals surface area contributed by atoms with Crippen molar-refractivity contribution in [1.82, 2.24) is 4.98 Å². The number of nitrogens with zero attached hydrogens (tertiary/aromatic N) is 1. The lowest BCUT2D eigenvalue weighted by atomic mass is 9.79. The van der Waals surface area contributed by atoms with Gasteiger partial charge in [-0.3, -0.25) is 4.79 Å². The lowest BCUT2D eigenvalue weighted by Gasteiger charge is -2.25. The topological polar surface area (TPSA) is 56.0 Å². The largest absolute Gasteiger partial charge is 0.369 e. The summed E-state index contributed by atoms with van der Waals surface area (Å²) in [7, 11) is 0. The molecule has 0 atom stereocenters. The van der Waals surface area contributed by atoms with Crippen LogP contribution in [0.2, 0.25) is 0 Å². The van der Waals surface area contributed by atoms with E-state index in [1.165, 1.54) is 0 Å². The zero-order chi connectivity index (χ0) is 10.9. The zero-order valence-corrected chi connectivity index (χ0v) is 9.96. The molecule has 1 aromatic rings. The molecule has 0 saturated heterocycles. The van der Waals surface area contributed by atoms with Crippen LogP contribution in [0.15, 0.2) is 22.9 Å². The molecule has 2 rings (SSSR count). The average Bonchev–Trinajstić information content (AvgIpc) is 2.69. The van der Waals surface area contributed by atoms with Gasteiger partial charge in [0.15, 0.2) is 0 Å². The van der Waals surface area contributed by atoms with Gasteiger partial charge in [0, 0.05) is 6.20 Å². The molecule has 1 aliphatic rings. The van der Waals surface area contributed by atoms with E-state index < -0.39 is 5.41 Å². The summed E-state index contributed by atoms with van der Waals surface area (Å²) in [5.41, 5.74) is 6.01. The van der Waals surface area contributed by atoms with E-state index in [0.717, 1.165) is 35.8 Å². The maximum atomic E-state index is 11.6. The molecule has 1 aliphatic carbocycles. The van der Waals surface area contributed by atoms with Gasteiger partial charge in [-0.15, -0.1) is 0 Å². The van der Waals surface area contributed by atoms with Gasteiger partial charge in [0.1, 0.15) is 4.60 Å². The van der Waals surface area contributed by atoms with E-state index in [0.29, 0.717) is 0 Å². The molecule has 1 heterocycles. The van der Waals surface area contributed by atoms with Crippen LogP contribution >= 0.6 is 15.9 Å². The summed E-state index contributed by atoms with van der Waals surface area (Å²) in [4.78, 5) is 15.8. The van der Waals surface area contributed by atoms with Crippen molar-refractivity contribution < 1.29 is 4.79 Å². The van der Waals surface area contributed by atoms with Gasteiger partial charge in [-0.1, -0.05) is 18.9 Å². The number of hydrogen-bond acceptors (Lipinski definition) is 2. The highest BCUT2D eigenvalue weighted by Gasteiger charge is 2.41. The second-order valence-electron chi connectivity index (χ2n) is 4.02. The fourth-order valence-corrected chi connectivity index (χ4v) is 2.55. The van der Waals surface area contributed by atoms with E-state index in [9.17, 15) is 4.79 Å². The SMILES string of the molecule is NC(=O)C1(c2ccc(Br)nc2)CCCC1. The van der Waals surface area contributed by atoms with E-state index >= 15 is 0 Å². The molecule has 1 fully saturated rings.